The molecule has 0 aromatic carbocycles. The summed E-state index contributed by atoms with van der Waals surface area (Å²) >= 11 is 0. The fourth-order valence-electron chi connectivity index (χ4n) is 0.906. The number of unbranched alkanes of at least 4 members (excludes halogenated alkanes) is 1. The first-order valence-electron chi connectivity index (χ1n) is 4.06. The van der Waals surface area contributed by atoms with Crippen LogP contribution in [0.3, 0.4) is 0 Å². The average Bonchev–Trinajstić information content (AvgIpc) is 1.79. The molecule has 3 N–H and O–H groups in total. The highest BCUT2D eigenvalue weighted by molar-refractivity contribution is 4.54. The van der Waals surface area contributed by atoms with Gasteiger partial charge in [0.05, 0.1) is 6.10 Å². The molecule has 2 atom stereocenters. The first-order valence-corrected chi connectivity index (χ1v) is 4.06. The Kier molecular flexibility index (Phi) is 5.64. The van der Waals surface area contributed by atoms with Crippen LogP contribution in [0.4, 0.5) is 0 Å². The van der Waals surface area contributed by atoms with E-state index in [1.165, 1.54) is 0 Å². The van der Waals surface area contributed by atoms with Gasteiger partial charge in [0.25, 0.3) is 0 Å². The number of aliphatic hydroxyl groups is 1. The normalized spacial score (nSPS) is 16.8. The summed E-state index contributed by atoms with van der Waals surface area (Å²) in [5.74, 6) is 0. The molecular formula is C8H19NO. The molecule has 0 aliphatic rings. The molecule has 0 aliphatic heterocycles. The van der Waals surface area contributed by atoms with Crippen molar-refractivity contribution in [1.82, 2.24) is 0 Å². The monoisotopic (exact) mass is 145 g/mol. The maximum atomic E-state index is 8.89. The molecule has 10 heavy (non-hydrogen) atoms. The molecule has 0 spiro atoms. The summed E-state index contributed by atoms with van der Waals surface area (Å²) in [6, 6.07) is 0.314. The minimum Gasteiger partial charge on any atom is -0.393 e. The Bertz CT molecular complexity index is 61.7. The highest BCUT2D eigenvalue weighted by Crippen LogP contribution is 2.04. The second-order valence-electron chi connectivity index (χ2n) is 3.11. The van der Waals surface area contributed by atoms with Crippen LogP contribution >= 0.6 is 0 Å². The van der Waals surface area contributed by atoms with Crippen molar-refractivity contribution in [2.75, 3.05) is 0 Å². The van der Waals surface area contributed by atoms with Crippen molar-refractivity contribution in [3.63, 3.8) is 0 Å². The van der Waals surface area contributed by atoms with Crippen molar-refractivity contribution in [3.8, 4) is 0 Å². The van der Waals surface area contributed by atoms with Gasteiger partial charge in [-0.05, 0) is 26.7 Å². The maximum Gasteiger partial charge on any atom is 0.0512 e. The molecule has 0 radical (unpaired) electrons. The molecule has 62 valence electrons. The molecule has 0 heterocycles. The third-order valence-corrected chi connectivity index (χ3v) is 1.53. The Morgan fingerprint density at radius 2 is 1.70 bits per heavy atom. The lowest BCUT2D eigenvalue weighted by Gasteiger charge is -2.05. The predicted molar refractivity (Wildman–Crippen MR) is 43.8 cm³/mol. The summed E-state index contributed by atoms with van der Waals surface area (Å²) in [7, 11) is 0. The Hall–Kier alpha value is -0.0800. The van der Waals surface area contributed by atoms with E-state index in [2.05, 4.69) is 0 Å². The van der Waals surface area contributed by atoms with Crippen molar-refractivity contribution in [3.05, 3.63) is 0 Å². The van der Waals surface area contributed by atoms with Crippen LogP contribution in [0.1, 0.15) is 39.5 Å². The standard InChI is InChI=1S/C8H19NO/c1-7(9)5-3-4-6-8(2)10/h7-8,10H,3-6,9H2,1-2H3/t7?,8-/m0/s1. The van der Waals surface area contributed by atoms with Gasteiger partial charge in [0.1, 0.15) is 0 Å². The first kappa shape index (κ1) is 9.92. The third-order valence-electron chi connectivity index (χ3n) is 1.53. The number of rotatable bonds is 5. The van der Waals surface area contributed by atoms with Gasteiger partial charge < -0.3 is 10.8 Å². The van der Waals surface area contributed by atoms with Crippen LogP contribution in [-0.4, -0.2) is 17.3 Å². The van der Waals surface area contributed by atoms with Gasteiger partial charge in [0.15, 0.2) is 0 Å². The highest BCUT2D eigenvalue weighted by atomic mass is 16.3. The van der Waals surface area contributed by atoms with E-state index < -0.39 is 0 Å². The van der Waals surface area contributed by atoms with Crippen molar-refractivity contribution in [2.45, 2.75) is 51.7 Å². The molecule has 0 saturated carbocycles. The van der Waals surface area contributed by atoms with Gasteiger partial charge in [-0.2, -0.15) is 0 Å². The van der Waals surface area contributed by atoms with Gasteiger partial charge in [0, 0.05) is 6.04 Å². The van der Waals surface area contributed by atoms with Gasteiger partial charge in [-0.3, -0.25) is 0 Å². The lowest BCUT2D eigenvalue weighted by atomic mass is 10.1. The van der Waals surface area contributed by atoms with E-state index in [9.17, 15) is 0 Å². The van der Waals surface area contributed by atoms with Gasteiger partial charge in [-0.25, -0.2) is 0 Å². The minimum absolute atomic E-state index is 0.145. The Labute approximate surface area is 63.4 Å². The van der Waals surface area contributed by atoms with E-state index in [0.29, 0.717) is 6.04 Å². The molecule has 0 rings (SSSR count). The lowest BCUT2D eigenvalue weighted by Crippen LogP contribution is -2.14. The van der Waals surface area contributed by atoms with Crippen LogP contribution in [0.15, 0.2) is 0 Å². The number of hydrogen-bond donors (Lipinski definition) is 2. The smallest absolute Gasteiger partial charge is 0.0512 e. The van der Waals surface area contributed by atoms with Crippen LogP contribution in [0.5, 0.6) is 0 Å². The van der Waals surface area contributed by atoms with Crippen LogP contribution in [0.2, 0.25) is 0 Å². The molecule has 0 aromatic heterocycles. The summed E-state index contributed by atoms with van der Waals surface area (Å²) in [5, 5.41) is 8.89. The van der Waals surface area contributed by atoms with Crippen LogP contribution < -0.4 is 5.73 Å². The molecular weight excluding hydrogens is 126 g/mol. The van der Waals surface area contributed by atoms with Crippen molar-refractivity contribution in [2.24, 2.45) is 5.73 Å². The zero-order chi connectivity index (χ0) is 7.98. The fraction of sp³-hybridized carbons (Fsp3) is 1.00. The van der Waals surface area contributed by atoms with E-state index in [4.69, 9.17) is 10.8 Å². The number of hydrogen-bond acceptors (Lipinski definition) is 2. The zero-order valence-corrected chi connectivity index (χ0v) is 7.01. The van der Waals surface area contributed by atoms with Crippen molar-refractivity contribution >= 4 is 0 Å². The average molecular weight is 145 g/mol. The predicted octanol–water partition coefficient (Wildman–Crippen LogP) is 1.27. The van der Waals surface area contributed by atoms with E-state index in [1.54, 1.807) is 0 Å². The summed E-state index contributed by atoms with van der Waals surface area (Å²) < 4.78 is 0. The quantitative estimate of drug-likeness (QED) is 0.572. The van der Waals surface area contributed by atoms with Crippen LogP contribution in [-0.2, 0) is 0 Å². The second kappa shape index (κ2) is 5.69. The Morgan fingerprint density at radius 1 is 1.20 bits per heavy atom. The third kappa shape index (κ3) is 7.92. The fourth-order valence-corrected chi connectivity index (χ4v) is 0.906. The van der Waals surface area contributed by atoms with E-state index in [0.717, 1.165) is 25.7 Å². The number of nitrogens with two attached hydrogens (primary N) is 1. The van der Waals surface area contributed by atoms with Crippen molar-refractivity contribution < 1.29 is 5.11 Å². The molecule has 0 aromatic rings. The van der Waals surface area contributed by atoms with Gasteiger partial charge in [-0.1, -0.05) is 12.8 Å². The highest BCUT2D eigenvalue weighted by Gasteiger charge is 1.96. The molecule has 0 amide bonds. The lowest BCUT2D eigenvalue weighted by molar-refractivity contribution is 0.180. The van der Waals surface area contributed by atoms with E-state index >= 15 is 0 Å². The molecule has 0 saturated heterocycles. The van der Waals surface area contributed by atoms with Crippen molar-refractivity contribution in [1.29, 1.82) is 0 Å². The van der Waals surface area contributed by atoms with Crippen LogP contribution in [0, 0.1) is 0 Å². The first-order chi connectivity index (χ1) is 4.63. The van der Waals surface area contributed by atoms with Crippen LogP contribution in [0.25, 0.3) is 0 Å². The second-order valence-corrected chi connectivity index (χ2v) is 3.11. The molecule has 0 bridgehead atoms. The summed E-state index contributed by atoms with van der Waals surface area (Å²) in [6.07, 6.45) is 4.08. The maximum absolute atomic E-state index is 8.89. The topological polar surface area (TPSA) is 46.2 Å². The zero-order valence-electron chi connectivity index (χ0n) is 7.01. The summed E-state index contributed by atoms with van der Waals surface area (Å²) in [5.41, 5.74) is 5.55. The SMILES string of the molecule is CC(N)CCCC[C@H](C)O. The largest absolute Gasteiger partial charge is 0.393 e. The summed E-state index contributed by atoms with van der Waals surface area (Å²) in [4.78, 5) is 0. The van der Waals surface area contributed by atoms with Gasteiger partial charge in [0.2, 0.25) is 0 Å². The Balaban J connectivity index is 2.91. The molecule has 1 unspecified atom stereocenters. The van der Waals surface area contributed by atoms with E-state index in [1.807, 2.05) is 13.8 Å². The molecule has 2 heteroatoms. The van der Waals surface area contributed by atoms with E-state index in [-0.39, 0.29) is 6.10 Å². The minimum atomic E-state index is -0.145. The van der Waals surface area contributed by atoms with Gasteiger partial charge >= 0.3 is 0 Å². The Morgan fingerprint density at radius 3 is 2.10 bits per heavy atom. The molecule has 0 fully saturated rings. The molecule has 0 aliphatic carbocycles. The number of aliphatic hydroxyl groups excluding tert-OH is 1. The van der Waals surface area contributed by atoms with Gasteiger partial charge in [-0.15, -0.1) is 0 Å². The summed E-state index contributed by atoms with van der Waals surface area (Å²) in [6.45, 7) is 3.84. The molecule has 2 nitrogen and oxygen atoms in total.